The summed E-state index contributed by atoms with van der Waals surface area (Å²) >= 11 is 0. The zero-order chi connectivity index (χ0) is 17.3. The van der Waals surface area contributed by atoms with E-state index in [0.717, 1.165) is 36.8 Å². The third-order valence-electron chi connectivity index (χ3n) is 5.52. The van der Waals surface area contributed by atoms with E-state index in [-0.39, 0.29) is 17.4 Å². The number of carbonyl (C=O) groups is 1. The topological polar surface area (TPSA) is 51.7 Å². The number of piperidine rings is 1. The van der Waals surface area contributed by atoms with Crippen LogP contribution in [0.2, 0.25) is 0 Å². The minimum Gasteiger partial charge on any atom is -0.384 e. The van der Waals surface area contributed by atoms with Crippen molar-refractivity contribution in [1.82, 2.24) is 9.88 Å². The minimum atomic E-state index is -0.0856. The maximum atomic E-state index is 13.0. The van der Waals surface area contributed by atoms with Crippen molar-refractivity contribution in [3.63, 3.8) is 0 Å². The van der Waals surface area contributed by atoms with Gasteiger partial charge in [-0.25, -0.2) is 4.98 Å². The molecule has 0 aliphatic carbocycles. The second kappa shape index (κ2) is 6.73. The minimum absolute atomic E-state index is 0.00487. The number of para-hydroxylation sites is 1. The first-order chi connectivity index (χ1) is 12.2. The molecule has 0 unspecified atom stereocenters. The molecule has 0 bridgehead atoms. The van der Waals surface area contributed by atoms with Gasteiger partial charge in [0.15, 0.2) is 0 Å². The molecular formula is C20H24N2O3. The number of rotatable bonds is 3. The summed E-state index contributed by atoms with van der Waals surface area (Å²) in [6, 6.07) is 11.7. The van der Waals surface area contributed by atoms with Crippen LogP contribution in [-0.2, 0) is 9.47 Å². The lowest BCUT2D eigenvalue weighted by atomic mass is 9.73. The van der Waals surface area contributed by atoms with Crippen LogP contribution in [0.25, 0.3) is 10.9 Å². The number of amides is 1. The number of hydrogen-bond donors (Lipinski definition) is 0. The normalized spacial score (nSPS) is 26.4. The fraction of sp³-hybridized carbons (Fsp3) is 0.500. The molecular weight excluding hydrogens is 316 g/mol. The van der Waals surface area contributed by atoms with Crippen LogP contribution in [0.3, 0.4) is 0 Å². The maximum absolute atomic E-state index is 13.0. The van der Waals surface area contributed by atoms with E-state index in [1.807, 2.05) is 41.3 Å². The molecule has 2 aliphatic heterocycles. The van der Waals surface area contributed by atoms with E-state index in [0.29, 0.717) is 25.4 Å². The monoisotopic (exact) mass is 340 g/mol. The second-order valence-corrected chi connectivity index (χ2v) is 7.16. The van der Waals surface area contributed by atoms with Gasteiger partial charge in [-0.3, -0.25) is 4.79 Å². The lowest BCUT2D eigenvalue weighted by Gasteiger charge is -2.50. The van der Waals surface area contributed by atoms with Gasteiger partial charge in [0.05, 0.1) is 18.2 Å². The van der Waals surface area contributed by atoms with E-state index in [4.69, 9.17) is 9.47 Å². The predicted octanol–water partition coefficient (Wildman–Crippen LogP) is 2.89. The molecule has 5 nitrogen and oxygen atoms in total. The molecule has 1 amide bonds. The maximum Gasteiger partial charge on any atom is 0.272 e. The van der Waals surface area contributed by atoms with Crippen LogP contribution >= 0.6 is 0 Å². The van der Waals surface area contributed by atoms with Crippen molar-refractivity contribution in [3.8, 4) is 0 Å². The van der Waals surface area contributed by atoms with Gasteiger partial charge in [-0.1, -0.05) is 24.3 Å². The average molecular weight is 340 g/mol. The van der Waals surface area contributed by atoms with Crippen LogP contribution in [0.5, 0.6) is 0 Å². The van der Waals surface area contributed by atoms with E-state index < -0.39 is 0 Å². The third-order valence-corrected chi connectivity index (χ3v) is 5.52. The molecule has 1 aromatic heterocycles. The van der Waals surface area contributed by atoms with Gasteiger partial charge in [0.25, 0.3) is 5.91 Å². The number of aromatic nitrogens is 1. The van der Waals surface area contributed by atoms with Gasteiger partial charge in [0.1, 0.15) is 5.69 Å². The van der Waals surface area contributed by atoms with Crippen LogP contribution in [-0.4, -0.2) is 55.3 Å². The van der Waals surface area contributed by atoms with Crippen LogP contribution in [0.15, 0.2) is 36.4 Å². The molecule has 0 spiro atoms. The van der Waals surface area contributed by atoms with Crippen molar-refractivity contribution in [2.24, 2.45) is 5.41 Å². The number of pyridine rings is 1. The molecule has 2 fully saturated rings. The van der Waals surface area contributed by atoms with Gasteiger partial charge < -0.3 is 14.4 Å². The quantitative estimate of drug-likeness (QED) is 0.862. The van der Waals surface area contributed by atoms with Crippen LogP contribution in [0, 0.1) is 5.41 Å². The largest absolute Gasteiger partial charge is 0.384 e. The number of likely N-dealkylation sites (tertiary alicyclic amines) is 1. The molecule has 2 aromatic rings. The Morgan fingerprint density at radius 2 is 2.24 bits per heavy atom. The van der Waals surface area contributed by atoms with Crippen molar-refractivity contribution in [2.75, 3.05) is 33.4 Å². The molecule has 0 N–H and O–H groups in total. The first kappa shape index (κ1) is 16.5. The third kappa shape index (κ3) is 3.02. The summed E-state index contributed by atoms with van der Waals surface area (Å²) in [7, 11) is 1.73. The average Bonchev–Trinajstić information content (AvgIpc) is 2.66. The Bertz CT molecular complexity index is 774. The van der Waals surface area contributed by atoms with Gasteiger partial charge in [0.2, 0.25) is 0 Å². The Hall–Kier alpha value is -1.98. The number of carbonyl (C=O) groups excluding carboxylic acids is 1. The highest BCUT2D eigenvalue weighted by Crippen LogP contribution is 2.40. The molecule has 3 heterocycles. The lowest BCUT2D eigenvalue weighted by molar-refractivity contribution is -0.142. The fourth-order valence-corrected chi connectivity index (χ4v) is 4.31. The van der Waals surface area contributed by atoms with Gasteiger partial charge in [0, 0.05) is 37.6 Å². The van der Waals surface area contributed by atoms with Crippen molar-refractivity contribution < 1.29 is 14.3 Å². The zero-order valence-corrected chi connectivity index (χ0v) is 14.6. The van der Waals surface area contributed by atoms with Crippen molar-refractivity contribution in [2.45, 2.75) is 25.4 Å². The molecule has 5 heteroatoms. The van der Waals surface area contributed by atoms with Crippen LogP contribution in [0.4, 0.5) is 0 Å². The standard InChI is InChI=1S/C20H24N2O3/c1-24-14-20-10-4-12-25-18(20)9-11-22(13-20)19(23)17-8-7-15-5-2-3-6-16(15)21-17/h2-3,5-8,18H,4,9-14H2,1H3/t18-,20+/m1/s1. The number of nitrogens with zero attached hydrogens (tertiary/aromatic N) is 2. The van der Waals surface area contributed by atoms with Gasteiger partial charge in [-0.15, -0.1) is 0 Å². The zero-order valence-electron chi connectivity index (χ0n) is 14.6. The number of methoxy groups -OCH3 is 1. The summed E-state index contributed by atoms with van der Waals surface area (Å²) in [6.45, 7) is 2.84. The Balaban J connectivity index is 1.58. The first-order valence-electron chi connectivity index (χ1n) is 8.97. The number of ether oxygens (including phenoxy) is 2. The summed E-state index contributed by atoms with van der Waals surface area (Å²) in [5.74, 6) is 0.00487. The van der Waals surface area contributed by atoms with E-state index in [1.165, 1.54) is 0 Å². The van der Waals surface area contributed by atoms with E-state index in [1.54, 1.807) is 7.11 Å². The Kier molecular flexibility index (Phi) is 4.44. The van der Waals surface area contributed by atoms with Crippen molar-refractivity contribution >= 4 is 16.8 Å². The molecule has 0 saturated carbocycles. The molecule has 2 atom stereocenters. The summed E-state index contributed by atoms with van der Waals surface area (Å²) in [4.78, 5) is 19.5. The Morgan fingerprint density at radius 3 is 3.12 bits per heavy atom. The number of fused-ring (bicyclic) bond motifs is 2. The summed E-state index contributed by atoms with van der Waals surface area (Å²) in [5, 5.41) is 1.05. The Labute approximate surface area is 147 Å². The van der Waals surface area contributed by atoms with Crippen molar-refractivity contribution in [3.05, 3.63) is 42.1 Å². The lowest BCUT2D eigenvalue weighted by Crippen LogP contribution is -2.58. The molecule has 25 heavy (non-hydrogen) atoms. The highest BCUT2D eigenvalue weighted by atomic mass is 16.5. The smallest absolute Gasteiger partial charge is 0.272 e. The molecule has 2 aliphatic rings. The number of hydrogen-bond acceptors (Lipinski definition) is 4. The second-order valence-electron chi connectivity index (χ2n) is 7.16. The SMILES string of the molecule is COC[C@@]12CCCO[C@@H]1CCN(C(=O)c1ccc3ccccc3n1)C2. The number of benzene rings is 1. The highest BCUT2D eigenvalue weighted by Gasteiger charge is 2.47. The van der Waals surface area contributed by atoms with Crippen molar-refractivity contribution in [1.29, 1.82) is 0 Å². The fourth-order valence-electron chi connectivity index (χ4n) is 4.31. The summed E-state index contributed by atoms with van der Waals surface area (Å²) in [5.41, 5.74) is 1.29. The van der Waals surface area contributed by atoms with Gasteiger partial charge >= 0.3 is 0 Å². The molecule has 4 rings (SSSR count). The van der Waals surface area contributed by atoms with Crippen LogP contribution in [0.1, 0.15) is 29.8 Å². The molecule has 2 saturated heterocycles. The van der Waals surface area contributed by atoms with E-state index in [2.05, 4.69) is 4.98 Å². The van der Waals surface area contributed by atoms with Crippen LogP contribution < -0.4 is 0 Å². The summed E-state index contributed by atoms with van der Waals surface area (Å²) in [6.07, 6.45) is 3.12. The molecule has 132 valence electrons. The molecule has 0 radical (unpaired) electrons. The molecule has 1 aromatic carbocycles. The highest BCUT2D eigenvalue weighted by molar-refractivity contribution is 5.95. The summed E-state index contributed by atoms with van der Waals surface area (Å²) < 4.78 is 11.5. The van der Waals surface area contributed by atoms with Gasteiger partial charge in [-0.2, -0.15) is 0 Å². The van der Waals surface area contributed by atoms with E-state index in [9.17, 15) is 4.79 Å². The van der Waals surface area contributed by atoms with Gasteiger partial charge in [-0.05, 0) is 31.4 Å². The predicted molar refractivity (Wildman–Crippen MR) is 95.5 cm³/mol. The van der Waals surface area contributed by atoms with E-state index >= 15 is 0 Å². The Morgan fingerprint density at radius 1 is 1.36 bits per heavy atom. The first-order valence-corrected chi connectivity index (χ1v) is 8.97.